The molecule has 110 valence electrons. The molecule has 1 N–H and O–H groups in total. The highest BCUT2D eigenvalue weighted by Crippen LogP contribution is 2.35. The van der Waals surface area contributed by atoms with Crippen molar-refractivity contribution in [3.63, 3.8) is 0 Å². The van der Waals surface area contributed by atoms with Gasteiger partial charge >= 0.3 is 0 Å². The summed E-state index contributed by atoms with van der Waals surface area (Å²) in [7, 11) is 1.63. The number of thiophene rings is 1. The van der Waals surface area contributed by atoms with Crippen LogP contribution in [0.15, 0.2) is 9.85 Å². The molecule has 0 radical (unpaired) electrons. The summed E-state index contributed by atoms with van der Waals surface area (Å²) in [5.41, 5.74) is 0. The zero-order valence-electron chi connectivity index (χ0n) is 11.5. The third-order valence-corrected chi connectivity index (χ3v) is 6.16. The number of likely N-dealkylation sites (tertiary alicyclic amines) is 1. The minimum absolute atomic E-state index is 0.145. The second kappa shape index (κ2) is 6.03. The van der Waals surface area contributed by atoms with Gasteiger partial charge in [-0.2, -0.15) is 0 Å². The molecular weight excluding hydrogens is 340 g/mol. The summed E-state index contributed by atoms with van der Waals surface area (Å²) in [6.45, 7) is 3.98. The largest absolute Gasteiger partial charge is 0.495 e. The van der Waals surface area contributed by atoms with Crippen molar-refractivity contribution < 1.29 is 9.53 Å². The van der Waals surface area contributed by atoms with Crippen LogP contribution in [0.2, 0.25) is 0 Å². The summed E-state index contributed by atoms with van der Waals surface area (Å²) in [4.78, 5) is 15.4. The Morgan fingerprint density at radius 3 is 2.60 bits per heavy atom. The van der Waals surface area contributed by atoms with E-state index in [-0.39, 0.29) is 5.91 Å². The molecule has 6 heteroatoms. The smallest absolute Gasteiger partial charge is 0.264 e. The fourth-order valence-corrected chi connectivity index (χ4v) is 4.79. The number of nitrogens with one attached hydrogen (secondary N) is 1. The van der Waals surface area contributed by atoms with Crippen LogP contribution in [-0.4, -0.2) is 44.1 Å². The first-order valence-corrected chi connectivity index (χ1v) is 8.63. The van der Waals surface area contributed by atoms with Gasteiger partial charge in [-0.05, 0) is 53.7 Å². The lowest BCUT2D eigenvalue weighted by atomic mass is 9.92. The van der Waals surface area contributed by atoms with Crippen LogP contribution in [0.25, 0.3) is 0 Å². The fraction of sp³-hybridized carbons (Fsp3) is 0.643. The quantitative estimate of drug-likeness (QED) is 0.883. The molecule has 1 amide bonds. The second-order valence-corrected chi connectivity index (χ2v) is 7.87. The Kier molecular flexibility index (Phi) is 4.33. The molecule has 0 bridgehead atoms. The molecule has 2 saturated heterocycles. The first kappa shape index (κ1) is 14.4. The predicted octanol–water partition coefficient (Wildman–Crippen LogP) is 2.59. The Balaban J connectivity index is 1.70. The SMILES string of the molecule is COc1cc(C(=O)N2CC[C@@H]3CNC[C@@H]3CC2)sc1Br. The number of rotatable bonds is 2. The van der Waals surface area contributed by atoms with Gasteiger partial charge in [0.05, 0.1) is 12.0 Å². The summed E-state index contributed by atoms with van der Waals surface area (Å²) in [5, 5.41) is 3.46. The third kappa shape index (κ3) is 2.73. The van der Waals surface area contributed by atoms with Crippen LogP contribution in [0.5, 0.6) is 5.75 Å². The number of fused-ring (bicyclic) bond motifs is 1. The highest BCUT2D eigenvalue weighted by atomic mass is 79.9. The molecule has 0 aliphatic carbocycles. The van der Waals surface area contributed by atoms with E-state index in [4.69, 9.17) is 4.74 Å². The molecule has 2 atom stereocenters. The Morgan fingerprint density at radius 1 is 1.40 bits per heavy atom. The van der Waals surface area contributed by atoms with Crippen LogP contribution >= 0.6 is 27.3 Å². The van der Waals surface area contributed by atoms with Crippen molar-refractivity contribution in [3.8, 4) is 5.75 Å². The molecule has 1 aromatic heterocycles. The molecule has 2 aliphatic rings. The Bertz CT molecular complexity index is 491. The molecule has 0 aromatic carbocycles. The molecule has 3 heterocycles. The Hall–Kier alpha value is -0.590. The third-order valence-electron chi connectivity index (χ3n) is 4.39. The van der Waals surface area contributed by atoms with Crippen molar-refractivity contribution in [2.45, 2.75) is 12.8 Å². The molecule has 20 heavy (non-hydrogen) atoms. The zero-order valence-corrected chi connectivity index (χ0v) is 13.9. The number of carbonyl (C=O) groups excluding carboxylic acids is 1. The molecule has 2 fully saturated rings. The van der Waals surface area contributed by atoms with Crippen molar-refractivity contribution in [3.05, 3.63) is 14.7 Å². The normalized spacial score (nSPS) is 26.2. The maximum Gasteiger partial charge on any atom is 0.264 e. The number of nitrogens with zero attached hydrogens (tertiary/aromatic N) is 1. The molecule has 2 aliphatic heterocycles. The number of hydrogen-bond donors (Lipinski definition) is 1. The van der Waals surface area contributed by atoms with Crippen molar-refractivity contribution in [1.82, 2.24) is 10.2 Å². The summed E-state index contributed by atoms with van der Waals surface area (Å²) in [5.74, 6) is 2.39. The van der Waals surface area contributed by atoms with E-state index in [1.54, 1.807) is 7.11 Å². The number of methoxy groups -OCH3 is 1. The maximum absolute atomic E-state index is 12.6. The standard InChI is InChI=1S/C14H19BrN2O2S/c1-19-11-6-12(20-13(11)15)14(18)17-4-2-9-7-16-8-10(9)3-5-17/h6,9-10,16H,2-5,7-8H2,1H3/t9-,10+. The van der Waals surface area contributed by atoms with Gasteiger partial charge in [0, 0.05) is 19.2 Å². The number of hydrogen-bond acceptors (Lipinski definition) is 4. The lowest BCUT2D eigenvalue weighted by Crippen LogP contribution is -2.32. The molecule has 1 aromatic rings. The van der Waals surface area contributed by atoms with E-state index < -0.39 is 0 Å². The Labute approximate surface area is 131 Å². The van der Waals surface area contributed by atoms with Crippen molar-refractivity contribution >= 4 is 33.2 Å². The summed E-state index contributed by atoms with van der Waals surface area (Å²) in [6, 6.07) is 1.84. The topological polar surface area (TPSA) is 41.6 Å². The van der Waals surface area contributed by atoms with Gasteiger partial charge in [0.15, 0.2) is 0 Å². The average Bonchev–Trinajstić information content (AvgIpc) is 3.00. The molecule has 0 unspecified atom stereocenters. The van der Waals surface area contributed by atoms with E-state index in [2.05, 4.69) is 21.2 Å². The second-order valence-electron chi connectivity index (χ2n) is 5.50. The van der Waals surface area contributed by atoms with E-state index >= 15 is 0 Å². The van der Waals surface area contributed by atoms with Crippen LogP contribution in [0.3, 0.4) is 0 Å². The minimum atomic E-state index is 0.145. The monoisotopic (exact) mass is 358 g/mol. The van der Waals surface area contributed by atoms with E-state index in [1.807, 2.05) is 11.0 Å². The molecule has 0 spiro atoms. The zero-order chi connectivity index (χ0) is 14.1. The molecule has 3 rings (SSSR count). The lowest BCUT2D eigenvalue weighted by molar-refractivity contribution is 0.0763. The van der Waals surface area contributed by atoms with Crippen LogP contribution in [0, 0.1) is 11.8 Å². The van der Waals surface area contributed by atoms with Gasteiger partial charge in [0.2, 0.25) is 0 Å². The lowest BCUT2D eigenvalue weighted by Gasteiger charge is -2.20. The highest BCUT2D eigenvalue weighted by Gasteiger charge is 2.32. The highest BCUT2D eigenvalue weighted by molar-refractivity contribution is 9.11. The number of ether oxygens (including phenoxy) is 1. The van der Waals surface area contributed by atoms with Crippen LogP contribution < -0.4 is 10.1 Å². The molecule has 4 nitrogen and oxygen atoms in total. The van der Waals surface area contributed by atoms with Gasteiger partial charge in [0.1, 0.15) is 9.54 Å². The number of amides is 1. The number of carbonyl (C=O) groups is 1. The van der Waals surface area contributed by atoms with E-state index in [1.165, 1.54) is 11.3 Å². The fourth-order valence-electron chi connectivity index (χ4n) is 3.17. The van der Waals surface area contributed by atoms with Crippen molar-refractivity contribution in [2.75, 3.05) is 33.3 Å². The van der Waals surface area contributed by atoms with Gasteiger partial charge in [0.25, 0.3) is 5.91 Å². The molecular formula is C14H19BrN2O2S. The van der Waals surface area contributed by atoms with Crippen molar-refractivity contribution in [1.29, 1.82) is 0 Å². The summed E-state index contributed by atoms with van der Waals surface area (Å²) in [6.07, 6.45) is 2.24. The first-order valence-electron chi connectivity index (χ1n) is 7.02. The first-order chi connectivity index (χ1) is 9.69. The van der Waals surface area contributed by atoms with Gasteiger partial charge in [-0.15, -0.1) is 11.3 Å². The van der Waals surface area contributed by atoms with Gasteiger partial charge in [-0.3, -0.25) is 4.79 Å². The van der Waals surface area contributed by atoms with Gasteiger partial charge in [-0.25, -0.2) is 0 Å². The van der Waals surface area contributed by atoms with E-state index in [0.29, 0.717) is 0 Å². The molecule has 0 saturated carbocycles. The van der Waals surface area contributed by atoms with Crippen molar-refractivity contribution in [2.24, 2.45) is 11.8 Å². The van der Waals surface area contributed by atoms with Gasteiger partial charge < -0.3 is 15.0 Å². The van der Waals surface area contributed by atoms with E-state index in [0.717, 1.165) is 65.3 Å². The van der Waals surface area contributed by atoms with Crippen LogP contribution in [-0.2, 0) is 0 Å². The minimum Gasteiger partial charge on any atom is -0.495 e. The van der Waals surface area contributed by atoms with Crippen LogP contribution in [0.4, 0.5) is 0 Å². The van der Waals surface area contributed by atoms with Crippen LogP contribution in [0.1, 0.15) is 22.5 Å². The van der Waals surface area contributed by atoms with E-state index in [9.17, 15) is 4.79 Å². The Morgan fingerprint density at radius 2 is 2.05 bits per heavy atom. The van der Waals surface area contributed by atoms with Gasteiger partial charge in [-0.1, -0.05) is 0 Å². The average molecular weight is 359 g/mol. The number of halogens is 1. The predicted molar refractivity (Wildman–Crippen MR) is 83.6 cm³/mol. The summed E-state index contributed by atoms with van der Waals surface area (Å²) >= 11 is 4.90. The summed E-state index contributed by atoms with van der Waals surface area (Å²) < 4.78 is 6.12. The maximum atomic E-state index is 12.6.